The molecule has 0 unspecified atom stereocenters. The number of carbonyl (C=O) groups excluding carboxylic acids is 4. The van der Waals surface area contributed by atoms with Gasteiger partial charge in [0.15, 0.2) is 0 Å². The van der Waals surface area contributed by atoms with E-state index in [4.69, 9.17) is 0 Å². The molecule has 0 spiro atoms. The minimum Gasteiger partial charge on any atom is -0.355 e. The van der Waals surface area contributed by atoms with E-state index in [1.54, 1.807) is 0 Å². The van der Waals surface area contributed by atoms with Crippen LogP contribution < -0.4 is 10.6 Å². The van der Waals surface area contributed by atoms with Crippen LogP contribution in [0.15, 0.2) is 0 Å². The number of imide groups is 1. The molecule has 4 amide bonds. The van der Waals surface area contributed by atoms with E-state index in [2.05, 4.69) is 10.6 Å². The van der Waals surface area contributed by atoms with E-state index in [0.29, 0.717) is 13.1 Å². The summed E-state index contributed by atoms with van der Waals surface area (Å²) in [4.78, 5) is 45.6. The number of rotatable bonds is 6. The van der Waals surface area contributed by atoms with E-state index < -0.39 is 0 Å². The van der Waals surface area contributed by atoms with Crippen LogP contribution in [0.2, 0.25) is 0 Å². The SMILES string of the molecule is CC(=O)NCCNC(=O)CCN1C(=O)CCC1=O. The van der Waals surface area contributed by atoms with Crippen LogP contribution in [0.1, 0.15) is 26.2 Å². The third-order valence-electron chi connectivity index (χ3n) is 2.54. The molecule has 0 aromatic rings. The molecule has 0 saturated carbocycles. The lowest BCUT2D eigenvalue weighted by Gasteiger charge is -2.13. The van der Waals surface area contributed by atoms with Crippen LogP contribution in [0.25, 0.3) is 0 Å². The van der Waals surface area contributed by atoms with Gasteiger partial charge in [0.1, 0.15) is 0 Å². The molecule has 0 aromatic carbocycles. The van der Waals surface area contributed by atoms with Gasteiger partial charge in [0.25, 0.3) is 0 Å². The summed E-state index contributed by atoms with van der Waals surface area (Å²) >= 11 is 0. The fourth-order valence-corrected chi connectivity index (χ4v) is 1.61. The Bertz CT molecular complexity index is 351. The molecule has 0 aromatic heterocycles. The molecular weight excluding hydrogens is 238 g/mol. The summed E-state index contributed by atoms with van der Waals surface area (Å²) in [6.45, 7) is 2.22. The number of likely N-dealkylation sites (tertiary alicyclic amines) is 1. The number of hydrogen-bond acceptors (Lipinski definition) is 4. The normalized spacial score (nSPS) is 14.8. The second-order valence-electron chi connectivity index (χ2n) is 4.02. The van der Waals surface area contributed by atoms with Crippen LogP contribution in [-0.2, 0) is 19.2 Å². The number of nitrogens with one attached hydrogen (secondary N) is 2. The van der Waals surface area contributed by atoms with Crippen molar-refractivity contribution >= 4 is 23.6 Å². The zero-order chi connectivity index (χ0) is 13.5. The van der Waals surface area contributed by atoms with Crippen LogP contribution in [-0.4, -0.2) is 48.2 Å². The molecular formula is C11H17N3O4. The minimum atomic E-state index is -0.243. The predicted molar refractivity (Wildman–Crippen MR) is 62.3 cm³/mol. The average molecular weight is 255 g/mol. The Morgan fingerprint density at radius 3 is 2.22 bits per heavy atom. The summed E-state index contributed by atoms with van der Waals surface area (Å²) in [7, 11) is 0. The molecule has 1 heterocycles. The molecule has 0 radical (unpaired) electrons. The van der Waals surface area contributed by atoms with Crippen molar-refractivity contribution in [1.82, 2.24) is 15.5 Å². The Morgan fingerprint density at radius 2 is 1.67 bits per heavy atom. The van der Waals surface area contributed by atoms with Gasteiger partial charge >= 0.3 is 0 Å². The Hall–Kier alpha value is -1.92. The van der Waals surface area contributed by atoms with Crippen molar-refractivity contribution in [2.45, 2.75) is 26.2 Å². The van der Waals surface area contributed by atoms with E-state index in [9.17, 15) is 19.2 Å². The van der Waals surface area contributed by atoms with Gasteiger partial charge in [0, 0.05) is 45.8 Å². The molecule has 0 bridgehead atoms. The van der Waals surface area contributed by atoms with Crippen molar-refractivity contribution in [2.24, 2.45) is 0 Å². The maximum Gasteiger partial charge on any atom is 0.229 e. The van der Waals surface area contributed by atoms with Crippen LogP contribution in [0.3, 0.4) is 0 Å². The third-order valence-corrected chi connectivity index (χ3v) is 2.54. The molecule has 1 aliphatic rings. The highest BCUT2D eigenvalue weighted by molar-refractivity contribution is 6.02. The number of carbonyl (C=O) groups is 4. The summed E-state index contributed by atoms with van der Waals surface area (Å²) in [6.07, 6.45) is 0.573. The molecule has 2 N–H and O–H groups in total. The average Bonchev–Trinajstić information content (AvgIpc) is 2.62. The molecule has 1 aliphatic heterocycles. The van der Waals surface area contributed by atoms with Crippen LogP contribution in [0.5, 0.6) is 0 Å². The summed E-state index contributed by atoms with van der Waals surface area (Å²) in [5.74, 6) is -0.831. The predicted octanol–water partition coefficient (Wildman–Crippen LogP) is -1.22. The Kier molecular flexibility index (Phi) is 5.29. The largest absolute Gasteiger partial charge is 0.355 e. The second kappa shape index (κ2) is 6.73. The summed E-state index contributed by atoms with van der Waals surface area (Å²) in [6, 6.07) is 0. The first-order valence-corrected chi connectivity index (χ1v) is 5.85. The Labute approximate surface area is 105 Å². The first-order valence-electron chi connectivity index (χ1n) is 5.85. The highest BCUT2D eigenvalue weighted by atomic mass is 16.2. The van der Waals surface area contributed by atoms with Gasteiger partial charge in [0.2, 0.25) is 23.6 Å². The van der Waals surface area contributed by atoms with Crippen molar-refractivity contribution in [2.75, 3.05) is 19.6 Å². The highest BCUT2D eigenvalue weighted by Crippen LogP contribution is 2.11. The van der Waals surface area contributed by atoms with E-state index in [1.165, 1.54) is 6.92 Å². The highest BCUT2D eigenvalue weighted by Gasteiger charge is 2.28. The summed E-state index contributed by atoms with van der Waals surface area (Å²) in [5.41, 5.74) is 0. The van der Waals surface area contributed by atoms with Gasteiger partial charge in [-0.25, -0.2) is 0 Å². The zero-order valence-electron chi connectivity index (χ0n) is 10.3. The van der Waals surface area contributed by atoms with Gasteiger partial charge in [-0.1, -0.05) is 0 Å². The van der Waals surface area contributed by atoms with Gasteiger partial charge < -0.3 is 10.6 Å². The monoisotopic (exact) mass is 255 g/mol. The number of nitrogens with zero attached hydrogens (tertiary/aromatic N) is 1. The fraction of sp³-hybridized carbons (Fsp3) is 0.636. The number of hydrogen-bond donors (Lipinski definition) is 2. The van der Waals surface area contributed by atoms with Crippen molar-refractivity contribution in [1.29, 1.82) is 0 Å². The first kappa shape index (κ1) is 14.1. The minimum absolute atomic E-state index is 0.0948. The summed E-state index contributed by atoms with van der Waals surface area (Å²) in [5, 5.41) is 5.13. The molecule has 1 fully saturated rings. The topological polar surface area (TPSA) is 95.6 Å². The maximum absolute atomic E-state index is 11.4. The van der Waals surface area contributed by atoms with E-state index in [-0.39, 0.29) is 49.4 Å². The molecule has 7 nitrogen and oxygen atoms in total. The molecule has 0 atom stereocenters. The first-order chi connectivity index (χ1) is 8.50. The smallest absolute Gasteiger partial charge is 0.229 e. The van der Waals surface area contributed by atoms with Crippen molar-refractivity contribution < 1.29 is 19.2 Å². The third kappa shape index (κ3) is 4.52. The molecule has 7 heteroatoms. The molecule has 1 rings (SSSR count). The van der Waals surface area contributed by atoms with E-state index in [1.807, 2.05) is 0 Å². The number of amides is 4. The van der Waals surface area contributed by atoms with Gasteiger partial charge in [-0.05, 0) is 0 Å². The molecule has 100 valence electrons. The molecule has 18 heavy (non-hydrogen) atoms. The van der Waals surface area contributed by atoms with Gasteiger partial charge in [-0.3, -0.25) is 24.1 Å². The van der Waals surface area contributed by atoms with Crippen LogP contribution in [0.4, 0.5) is 0 Å². The van der Waals surface area contributed by atoms with Crippen LogP contribution >= 0.6 is 0 Å². The van der Waals surface area contributed by atoms with Gasteiger partial charge in [-0.15, -0.1) is 0 Å². The zero-order valence-corrected chi connectivity index (χ0v) is 10.3. The van der Waals surface area contributed by atoms with E-state index >= 15 is 0 Å². The van der Waals surface area contributed by atoms with Crippen molar-refractivity contribution in [3.05, 3.63) is 0 Å². The van der Waals surface area contributed by atoms with Crippen LogP contribution in [0, 0.1) is 0 Å². The lowest BCUT2D eigenvalue weighted by molar-refractivity contribution is -0.138. The Balaban J connectivity index is 2.15. The fourth-order valence-electron chi connectivity index (χ4n) is 1.61. The van der Waals surface area contributed by atoms with E-state index in [0.717, 1.165) is 4.90 Å². The molecule has 0 aliphatic carbocycles. The summed E-state index contributed by atoms with van der Waals surface area (Å²) < 4.78 is 0. The van der Waals surface area contributed by atoms with Crippen molar-refractivity contribution in [3.8, 4) is 0 Å². The van der Waals surface area contributed by atoms with Gasteiger partial charge in [-0.2, -0.15) is 0 Å². The lowest BCUT2D eigenvalue weighted by atomic mass is 10.3. The second-order valence-corrected chi connectivity index (χ2v) is 4.02. The standard InChI is InChI=1S/C11H17N3O4/c1-8(15)12-5-6-13-9(16)4-7-14-10(17)2-3-11(14)18/h2-7H2,1H3,(H,12,15)(H,13,16). The van der Waals surface area contributed by atoms with Crippen molar-refractivity contribution in [3.63, 3.8) is 0 Å². The quantitative estimate of drug-likeness (QED) is 0.459. The Morgan fingerprint density at radius 1 is 1.11 bits per heavy atom. The lowest BCUT2D eigenvalue weighted by Crippen LogP contribution is -2.37. The molecule has 1 saturated heterocycles. The van der Waals surface area contributed by atoms with Gasteiger partial charge in [0.05, 0.1) is 0 Å². The maximum atomic E-state index is 11.4.